The molecule has 0 radical (unpaired) electrons. The molecule has 3 rings (SSSR count). The average Bonchev–Trinajstić information content (AvgIpc) is 2.90. The number of anilines is 1. The van der Waals surface area contributed by atoms with Crippen molar-refractivity contribution in [1.29, 1.82) is 0 Å². The molecule has 0 aliphatic carbocycles. The molecule has 1 aromatic carbocycles. The fourth-order valence-corrected chi connectivity index (χ4v) is 2.34. The minimum Gasteiger partial charge on any atom is -0.354 e. The summed E-state index contributed by atoms with van der Waals surface area (Å²) in [7, 11) is 2.17. The van der Waals surface area contributed by atoms with E-state index in [-0.39, 0.29) is 0 Å². The Bertz CT molecular complexity index is 498. The largest absolute Gasteiger partial charge is 0.354 e. The lowest BCUT2D eigenvalue weighted by Gasteiger charge is -2.33. The maximum absolute atomic E-state index is 4.44. The second-order valence-electron chi connectivity index (χ2n) is 4.73. The van der Waals surface area contributed by atoms with Gasteiger partial charge in [-0.2, -0.15) is 5.10 Å². The molecule has 18 heavy (non-hydrogen) atoms. The average molecular weight is 242 g/mol. The number of likely N-dealkylation sites (N-methyl/N-ethyl adjacent to an activating group) is 1. The second kappa shape index (κ2) is 4.82. The number of piperazine rings is 1. The highest BCUT2D eigenvalue weighted by Gasteiger charge is 2.17. The third kappa shape index (κ3) is 2.11. The first-order valence-corrected chi connectivity index (χ1v) is 6.37. The lowest BCUT2D eigenvalue weighted by atomic mass is 10.3. The first-order chi connectivity index (χ1) is 8.84. The van der Waals surface area contributed by atoms with Gasteiger partial charge in [-0.05, 0) is 19.2 Å². The smallest absolute Gasteiger partial charge is 0.132 e. The maximum atomic E-state index is 4.44. The highest BCUT2D eigenvalue weighted by atomic mass is 15.4. The van der Waals surface area contributed by atoms with Crippen LogP contribution in [0.2, 0.25) is 0 Å². The lowest BCUT2D eigenvalue weighted by Crippen LogP contribution is -2.45. The molecule has 0 amide bonds. The van der Waals surface area contributed by atoms with Crippen molar-refractivity contribution in [1.82, 2.24) is 14.7 Å². The molecule has 0 atom stereocenters. The summed E-state index contributed by atoms with van der Waals surface area (Å²) in [6.07, 6.45) is 1.88. The van der Waals surface area contributed by atoms with Crippen LogP contribution in [-0.4, -0.2) is 47.9 Å². The first-order valence-electron chi connectivity index (χ1n) is 6.37. The van der Waals surface area contributed by atoms with Gasteiger partial charge in [0.15, 0.2) is 0 Å². The lowest BCUT2D eigenvalue weighted by molar-refractivity contribution is 0.311. The van der Waals surface area contributed by atoms with Gasteiger partial charge in [0.1, 0.15) is 5.82 Å². The van der Waals surface area contributed by atoms with E-state index in [9.17, 15) is 0 Å². The molecular formula is C14H18N4. The molecule has 1 aromatic heterocycles. The number of para-hydroxylation sites is 1. The van der Waals surface area contributed by atoms with Crippen LogP contribution in [0.15, 0.2) is 42.6 Å². The fourth-order valence-electron chi connectivity index (χ4n) is 2.34. The van der Waals surface area contributed by atoms with Crippen molar-refractivity contribution in [3.63, 3.8) is 0 Å². The normalized spacial score (nSPS) is 17.1. The van der Waals surface area contributed by atoms with Crippen LogP contribution in [0.5, 0.6) is 0 Å². The number of hydrogen-bond donors (Lipinski definition) is 0. The summed E-state index contributed by atoms with van der Waals surface area (Å²) in [6, 6.07) is 12.4. The molecule has 4 nitrogen and oxygen atoms in total. The topological polar surface area (TPSA) is 24.3 Å². The third-order valence-corrected chi connectivity index (χ3v) is 3.45. The summed E-state index contributed by atoms with van der Waals surface area (Å²) < 4.78 is 2.02. The summed E-state index contributed by atoms with van der Waals surface area (Å²) in [5, 5.41) is 4.44. The Labute approximate surface area is 107 Å². The van der Waals surface area contributed by atoms with Crippen molar-refractivity contribution in [3.05, 3.63) is 42.6 Å². The number of rotatable bonds is 2. The van der Waals surface area contributed by atoms with Crippen LogP contribution in [0.3, 0.4) is 0 Å². The van der Waals surface area contributed by atoms with E-state index < -0.39 is 0 Å². The molecule has 0 saturated carbocycles. The summed E-state index contributed by atoms with van der Waals surface area (Å²) in [4.78, 5) is 4.76. The molecule has 1 saturated heterocycles. The van der Waals surface area contributed by atoms with Gasteiger partial charge in [0.2, 0.25) is 0 Å². The highest BCUT2D eigenvalue weighted by Crippen LogP contribution is 2.19. The number of hydrogen-bond acceptors (Lipinski definition) is 3. The zero-order chi connectivity index (χ0) is 12.4. The predicted octanol–water partition coefficient (Wildman–Crippen LogP) is 1.62. The molecule has 1 aliphatic heterocycles. The molecule has 0 N–H and O–H groups in total. The highest BCUT2D eigenvalue weighted by molar-refractivity contribution is 5.47. The van der Waals surface area contributed by atoms with Crippen molar-refractivity contribution in [2.24, 2.45) is 0 Å². The van der Waals surface area contributed by atoms with Crippen molar-refractivity contribution in [3.8, 4) is 5.69 Å². The van der Waals surface area contributed by atoms with Crippen molar-refractivity contribution < 1.29 is 0 Å². The van der Waals surface area contributed by atoms with E-state index in [0.29, 0.717) is 0 Å². The number of nitrogens with zero attached hydrogens (tertiary/aromatic N) is 4. The summed E-state index contributed by atoms with van der Waals surface area (Å²) >= 11 is 0. The van der Waals surface area contributed by atoms with Crippen LogP contribution in [0, 0.1) is 0 Å². The molecule has 0 spiro atoms. The molecular weight excluding hydrogens is 224 g/mol. The van der Waals surface area contributed by atoms with E-state index in [0.717, 1.165) is 31.9 Å². The number of aromatic nitrogens is 2. The quantitative estimate of drug-likeness (QED) is 0.800. The van der Waals surface area contributed by atoms with Gasteiger partial charge in [0, 0.05) is 32.2 Å². The molecule has 0 unspecified atom stereocenters. The molecule has 1 fully saturated rings. The van der Waals surface area contributed by atoms with E-state index in [4.69, 9.17) is 0 Å². The van der Waals surface area contributed by atoms with Gasteiger partial charge in [-0.25, -0.2) is 4.68 Å². The maximum Gasteiger partial charge on any atom is 0.132 e. The molecule has 1 aliphatic rings. The molecule has 2 heterocycles. The van der Waals surface area contributed by atoms with Gasteiger partial charge in [-0.15, -0.1) is 0 Å². The third-order valence-electron chi connectivity index (χ3n) is 3.45. The Kier molecular flexibility index (Phi) is 3.02. The minimum absolute atomic E-state index is 1.06. The Morgan fingerprint density at radius 2 is 1.67 bits per heavy atom. The van der Waals surface area contributed by atoms with Gasteiger partial charge in [-0.1, -0.05) is 18.2 Å². The van der Waals surface area contributed by atoms with Crippen LogP contribution in [-0.2, 0) is 0 Å². The summed E-state index contributed by atoms with van der Waals surface area (Å²) in [6.45, 7) is 4.35. The standard InChI is InChI=1S/C14H18N4/c1-16-9-11-17(12-10-16)14-7-8-15-18(14)13-5-3-2-4-6-13/h2-8H,9-12H2,1H3. The summed E-state index contributed by atoms with van der Waals surface area (Å²) in [5.74, 6) is 1.19. The molecule has 0 bridgehead atoms. The monoisotopic (exact) mass is 242 g/mol. The molecule has 2 aromatic rings. The van der Waals surface area contributed by atoms with Crippen molar-refractivity contribution in [2.45, 2.75) is 0 Å². The van der Waals surface area contributed by atoms with E-state index in [1.54, 1.807) is 0 Å². The van der Waals surface area contributed by atoms with Crippen molar-refractivity contribution >= 4 is 5.82 Å². The zero-order valence-electron chi connectivity index (χ0n) is 10.7. The van der Waals surface area contributed by atoms with Gasteiger partial charge in [0.25, 0.3) is 0 Å². The van der Waals surface area contributed by atoms with Gasteiger partial charge >= 0.3 is 0 Å². The van der Waals surface area contributed by atoms with Crippen LogP contribution in [0.25, 0.3) is 5.69 Å². The SMILES string of the molecule is CN1CCN(c2ccnn2-c2ccccc2)CC1. The zero-order valence-corrected chi connectivity index (χ0v) is 10.7. The Morgan fingerprint density at radius 1 is 0.944 bits per heavy atom. The van der Waals surface area contributed by atoms with Gasteiger partial charge < -0.3 is 9.80 Å². The summed E-state index contributed by atoms with van der Waals surface area (Å²) in [5.41, 5.74) is 1.12. The fraction of sp³-hybridized carbons (Fsp3) is 0.357. The van der Waals surface area contributed by atoms with Crippen LogP contribution in [0.1, 0.15) is 0 Å². The van der Waals surface area contributed by atoms with Crippen LogP contribution in [0.4, 0.5) is 5.82 Å². The second-order valence-corrected chi connectivity index (χ2v) is 4.73. The van der Waals surface area contributed by atoms with Crippen molar-refractivity contribution in [2.75, 3.05) is 38.1 Å². The van der Waals surface area contributed by atoms with Crippen LogP contribution >= 0.6 is 0 Å². The molecule has 4 heteroatoms. The van der Waals surface area contributed by atoms with Crippen LogP contribution < -0.4 is 4.90 Å². The van der Waals surface area contributed by atoms with E-state index in [1.165, 1.54) is 5.82 Å². The Balaban J connectivity index is 1.88. The first kappa shape index (κ1) is 11.3. The minimum atomic E-state index is 1.06. The van der Waals surface area contributed by atoms with E-state index in [1.807, 2.05) is 29.1 Å². The van der Waals surface area contributed by atoms with E-state index in [2.05, 4.69) is 40.1 Å². The predicted molar refractivity (Wildman–Crippen MR) is 73.3 cm³/mol. The Hall–Kier alpha value is -1.81. The molecule has 94 valence electrons. The number of benzene rings is 1. The Morgan fingerprint density at radius 3 is 2.39 bits per heavy atom. The van der Waals surface area contributed by atoms with Gasteiger partial charge in [-0.3, -0.25) is 0 Å². The van der Waals surface area contributed by atoms with E-state index >= 15 is 0 Å². The van der Waals surface area contributed by atoms with Gasteiger partial charge in [0.05, 0.1) is 11.9 Å².